The predicted molar refractivity (Wildman–Crippen MR) is 74.3 cm³/mol. The minimum absolute atomic E-state index is 0.0378. The first-order chi connectivity index (χ1) is 9.63. The third-order valence-electron chi connectivity index (χ3n) is 4.04. The number of benzene rings is 1. The van der Waals surface area contributed by atoms with Crippen molar-refractivity contribution in [3.8, 4) is 0 Å². The van der Waals surface area contributed by atoms with Crippen LogP contribution in [0.1, 0.15) is 37.2 Å². The van der Waals surface area contributed by atoms with Crippen LogP contribution in [-0.4, -0.2) is 23.5 Å². The molecule has 1 saturated carbocycles. The van der Waals surface area contributed by atoms with Crippen molar-refractivity contribution < 1.29 is 14.7 Å². The van der Waals surface area contributed by atoms with E-state index < -0.39 is 5.97 Å². The Kier molecular flexibility index (Phi) is 3.34. The Morgan fingerprint density at radius 1 is 1.35 bits per heavy atom. The van der Waals surface area contributed by atoms with Gasteiger partial charge < -0.3 is 5.11 Å². The molecule has 2 aliphatic rings. The van der Waals surface area contributed by atoms with Gasteiger partial charge in [-0.15, -0.1) is 0 Å². The van der Waals surface area contributed by atoms with Crippen molar-refractivity contribution in [2.75, 3.05) is 11.6 Å². The number of nitrogens with one attached hydrogen (secondary N) is 1. The number of anilines is 1. The van der Waals surface area contributed by atoms with E-state index in [1.54, 1.807) is 0 Å². The molecule has 1 unspecified atom stereocenters. The predicted octanol–water partition coefficient (Wildman–Crippen LogP) is 1.90. The number of amides is 1. The summed E-state index contributed by atoms with van der Waals surface area (Å²) in [6.45, 7) is 0.680. The molecular weight excluding hydrogens is 256 g/mol. The van der Waals surface area contributed by atoms with Crippen molar-refractivity contribution in [2.45, 2.75) is 31.6 Å². The highest BCUT2D eigenvalue weighted by atomic mass is 16.4. The van der Waals surface area contributed by atoms with E-state index in [4.69, 9.17) is 5.11 Å². The number of carbonyl (C=O) groups excluding carboxylic acids is 1. The van der Waals surface area contributed by atoms with E-state index in [9.17, 15) is 9.59 Å². The summed E-state index contributed by atoms with van der Waals surface area (Å²) in [6, 6.07) is 7.90. The van der Waals surface area contributed by atoms with Gasteiger partial charge >= 0.3 is 5.97 Å². The van der Waals surface area contributed by atoms with Gasteiger partial charge in [0.2, 0.25) is 5.91 Å². The van der Waals surface area contributed by atoms with Gasteiger partial charge in [0.15, 0.2) is 0 Å². The van der Waals surface area contributed by atoms with Crippen molar-refractivity contribution in [1.82, 2.24) is 5.43 Å². The monoisotopic (exact) mass is 274 g/mol. The fourth-order valence-corrected chi connectivity index (χ4v) is 2.81. The first kappa shape index (κ1) is 13.0. The number of hydrogen-bond donors (Lipinski definition) is 2. The number of carbonyl (C=O) groups is 2. The van der Waals surface area contributed by atoms with Crippen LogP contribution in [0.15, 0.2) is 24.3 Å². The summed E-state index contributed by atoms with van der Waals surface area (Å²) in [4.78, 5) is 22.2. The lowest BCUT2D eigenvalue weighted by Gasteiger charge is -2.19. The number of carboxylic acid groups (broad SMARTS) is 1. The Bertz CT molecular complexity index is 522. The number of hydrogen-bond acceptors (Lipinski definition) is 3. The molecule has 2 N–H and O–H groups in total. The van der Waals surface area contributed by atoms with Gasteiger partial charge in [-0.2, -0.15) is 0 Å². The molecule has 1 atom stereocenters. The Labute approximate surface area is 117 Å². The fourth-order valence-electron chi connectivity index (χ4n) is 2.81. The second-order valence-electron chi connectivity index (χ2n) is 5.57. The Balaban J connectivity index is 1.74. The van der Waals surface area contributed by atoms with Gasteiger partial charge in [-0.25, -0.2) is 0 Å². The molecule has 0 radical (unpaired) electrons. The molecular formula is C15H18N2O3. The zero-order valence-corrected chi connectivity index (χ0v) is 11.2. The summed E-state index contributed by atoms with van der Waals surface area (Å²) in [5, 5.41) is 10.9. The SMILES string of the molecule is O=C(O)CC(c1ccc(N2CCC(=O)N2)cc1)C1CC1. The van der Waals surface area contributed by atoms with E-state index >= 15 is 0 Å². The Morgan fingerprint density at radius 3 is 2.55 bits per heavy atom. The quantitative estimate of drug-likeness (QED) is 0.860. The third kappa shape index (κ3) is 2.76. The summed E-state index contributed by atoms with van der Waals surface area (Å²) in [6.07, 6.45) is 2.97. The lowest BCUT2D eigenvalue weighted by molar-refractivity contribution is -0.137. The summed E-state index contributed by atoms with van der Waals surface area (Å²) in [5.74, 6) is -0.0632. The number of carboxylic acids is 1. The fraction of sp³-hybridized carbons (Fsp3) is 0.467. The van der Waals surface area contributed by atoms with Crippen LogP contribution < -0.4 is 10.4 Å². The minimum atomic E-state index is -0.738. The number of nitrogens with zero attached hydrogens (tertiary/aromatic N) is 1. The van der Waals surface area contributed by atoms with E-state index in [0.29, 0.717) is 18.9 Å². The van der Waals surface area contributed by atoms with Crippen molar-refractivity contribution in [1.29, 1.82) is 0 Å². The number of aliphatic carboxylic acids is 1. The summed E-state index contributed by atoms with van der Waals surface area (Å²) >= 11 is 0. The maximum absolute atomic E-state index is 11.2. The molecule has 2 fully saturated rings. The summed E-state index contributed by atoms with van der Waals surface area (Å²) in [5.41, 5.74) is 4.82. The highest BCUT2D eigenvalue weighted by molar-refractivity contribution is 5.81. The van der Waals surface area contributed by atoms with Gasteiger partial charge in [-0.3, -0.25) is 20.0 Å². The van der Waals surface area contributed by atoms with Crippen molar-refractivity contribution in [3.05, 3.63) is 29.8 Å². The molecule has 5 heteroatoms. The second-order valence-corrected chi connectivity index (χ2v) is 5.57. The van der Waals surface area contributed by atoms with Gasteiger partial charge in [0, 0.05) is 13.0 Å². The largest absolute Gasteiger partial charge is 0.481 e. The van der Waals surface area contributed by atoms with Gasteiger partial charge in [0.1, 0.15) is 0 Å². The van der Waals surface area contributed by atoms with E-state index in [1.165, 1.54) is 0 Å². The molecule has 3 rings (SSSR count). The van der Waals surface area contributed by atoms with Crippen LogP contribution in [0.4, 0.5) is 5.69 Å². The molecule has 1 aliphatic carbocycles. The second kappa shape index (κ2) is 5.15. The van der Waals surface area contributed by atoms with E-state index in [1.807, 2.05) is 29.3 Å². The molecule has 1 heterocycles. The van der Waals surface area contributed by atoms with E-state index in [0.717, 1.165) is 24.1 Å². The lowest BCUT2D eigenvalue weighted by Crippen LogP contribution is -2.32. The molecule has 1 aliphatic heterocycles. The summed E-state index contributed by atoms with van der Waals surface area (Å²) < 4.78 is 0. The first-order valence-electron chi connectivity index (χ1n) is 7.02. The topological polar surface area (TPSA) is 69.6 Å². The lowest BCUT2D eigenvalue weighted by atomic mass is 9.91. The van der Waals surface area contributed by atoms with Gasteiger partial charge in [-0.05, 0) is 42.4 Å². The molecule has 1 amide bonds. The van der Waals surface area contributed by atoms with E-state index in [-0.39, 0.29) is 18.2 Å². The maximum atomic E-state index is 11.2. The van der Waals surface area contributed by atoms with Crippen LogP contribution in [-0.2, 0) is 9.59 Å². The highest BCUT2D eigenvalue weighted by Gasteiger charge is 2.33. The van der Waals surface area contributed by atoms with Crippen LogP contribution in [0.5, 0.6) is 0 Å². The minimum Gasteiger partial charge on any atom is -0.481 e. The van der Waals surface area contributed by atoms with Crippen LogP contribution in [0, 0.1) is 5.92 Å². The molecule has 1 saturated heterocycles. The zero-order valence-electron chi connectivity index (χ0n) is 11.2. The van der Waals surface area contributed by atoms with Gasteiger partial charge in [0.05, 0.1) is 12.1 Å². The smallest absolute Gasteiger partial charge is 0.303 e. The van der Waals surface area contributed by atoms with Crippen LogP contribution >= 0.6 is 0 Å². The molecule has 5 nitrogen and oxygen atoms in total. The van der Waals surface area contributed by atoms with E-state index in [2.05, 4.69) is 5.43 Å². The van der Waals surface area contributed by atoms with Crippen LogP contribution in [0.3, 0.4) is 0 Å². The number of hydrazine groups is 1. The molecule has 20 heavy (non-hydrogen) atoms. The van der Waals surface area contributed by atoms with Crippen molar-refractivity contribution in [2.24, 2.45) is 5.92 Å². The number of rotatable bonds is 5. The Hall–Kier alpha value is -2.04. The normalized spacial score (nSPS) is 19.8. The molecule has 0 spiro atoms. The van der Waals surface area contributed by atoms with Gasteiger partial charge in [-0.1, -0.05) is 12.1 Å². The zero-order chi connectivity index (χ0) is 14.1. The van der Waals surface area contributed by atoms with Gasteiger partial charge in [0.25, 0.3) is 0 Å². The molecule has 1 aromatic rings. The Morgan fingerprint density at radius 2 is 2.05 bits per heavy atom. The summed E-state index contributed by atoms with van der Waals surface area (Å²) in [7, 11) is 0. The van der Waals surface area contributed by atoms with Crippen molar-refractivity contribution >= 4 is 17.6 Å². The molecule has 1 aromatic carbocycles. The average molecular weight is 274 g/mol. The highest BCUT2D eigenvalue weighted by Crippen LogP contribution is 2.44. The maximum Gasteiger partial charge on any atom is 0.303 e. The third-order valence-corrected chi connectivity index (χ3v) is 4.04. The molecule has 0 bridgehead atoms. The van der Waals surface area contributed by atoms with Crippen LogP contribution in [0.25, 0.3) is 0 Å². The molecule has 0 aromatic heterocycles. The van der Waals surface area contributed by atoms with Crippen molar-refractivity contribution in [3.63, 3.8) is 0 Å². The standard InChI is InChI=1S/C15H18N2O3/c18-14-7-8-17(16-14)12-5-3-11(4-6-12)13(9-15(19)20)10-1-2-10/h3-6,10,13H,1-2,7-9H2,(H,16,18)(H,19,20). The van der Waals surface area contributed by atoms with Crippen LogP contribution in [0.2, 0.25) is 0 Å². The first-order valence-corrected chi connectivity index (χ1v) is 7.02. The molecule has 106 valence electrons. The average Bonchev–Trinajstić information content (AvgIpc) is 3.18.